The number of hydrogen-bond acceptors (Lipinski definition) is 8. The van der Waals surface area contributed by atoms with Crippen molar-refractivity contribution >= 4 is 39.1 Å². The van der Waals surface area contributed by atoms with Crippen LogP contribution in [0, 0.1) is 18.3 Å². The van der Waals surface area contributed by atoms with Gasteiger partial charge in [-0.3, -0.25) is 4.79 Å². The summed E-state index contributed by atoms with van der Waals surface area (Å²) < 4.78 is 26.5. The average Bonchev–Trinajstić information content (AvgIpc) is 2.77. The van der Waals surface area contributed by atoms with Crippen molar-refractivity contribution in [2.45, 2.75) is 38.0 Å². The van der Waals surface area contributed by atoms with Gasteiger partial charge < -0.3 is 10.6 Å². The minimum absolute atomic E-state index is 0.0133. The summed E-state index contributed by atoms with van der Waals surface area (Å²) in [4.78, 5) is 20.3. The molecule has 0 unspecified atom stereocenters. The molecule has 1 heterocycles. The van der Waals surface area contributed by atoms with Crippen molar-refractivity contribution in [1.82, 2.24) is 14.7 Å². The zero-order valence-corrected chi connectivity index (χ0v) is 19.0. The van der Waals surface area contributed by atoms with Crippen molar-refractivity contribution < 1.29 is 13.2 Å². The number of aromatic nitrogens is 2. The molecular formula is C23H22N6O3S. The van der Waals surface area contributed by atoms with E-state index in [0.717, 1.165) is 35.2 Å². The van der Waals surface area contributed by atoms with Crippen LogP contribution in [0.1, 0.15) is 35.6 Å². The lowest BCUT2D eigenvalue weighted by Gasteiger charge is -2.24. The third kappa shape index (κ3) is 4.63. The van der Waals surface area contributed by atoms with Gasteiger partial charge in [0, 0.05) is 29.6 Å². The first kappa shape index (κ1) is 22.2. The van der Waals surface area contributed by atoms with E-state index in [1.54, 1.807) is 25.3 Å². The highest BCUT2D eigenvalue weighted by atomic mass is 32.2. The third-order valence-corrected chi connectivity index (χ3v) is 6.78. The summed E-state index contributed by atoms with van der Waals surface area (Å²) >= 11 is 0. The first-order chi connectivity index (χ1) is 15.8. The van der Waals surface area contributed by atoms with Gasteiger partial charge in [-0.15, -0.1) is 0 Å². The van der Waals surface area contributed by atoms with E-state index in [2.05, 4.69) is 26.7 Å². The molecule has 1 aliphatic rings. The molecule has 168 valence electrons. The smallest absolute Gasteiger partial charge is 0.264 e. The van der Waals surface area contributed by atoms with E-state index < -0.39 is 15.9 Å². The molecule has 0 aliphatic heterocycles. The Morgan fingerprint density at radius 2 is 1.82 bits per heavy atom. The molecule has 0 spiro atoms. The fraction of sp³-hybridized carbons (Fsp3) is 0.217. The van der Waals surface area contributed by atoms with E-state index in [-0.39, 0.29) is 11.3 Å². The van der Waals surface area contributed by atoms with Gasteiger partial charge in [-0.2, -0.15) is 10.2 Å². The number of carbonyl (C=O) groups excluding carboxylic acids is 1. The molecule has 0 radical (unpaired) electrons. The molecule has 10 heteroatoms. The molecule has 1 aromatic heterocycles. The second-order valence-electron chi connectivity index (χ2n) is 7.61. The summed E-state index contributed by atoms with van der Waals surface area (Å²) in [5, 5.41) is 15.6. The molecule has 0 saturated heterocycles. The molecule has 3 aromatic rings. The zero-order chi connectivity index (χ0) is 23.6. The minimum Gasteiger partial charge on any atom is -0.340 e. The van der Waals surface area contributed by atoms with E-state index in [0.29, 0.717) is 23.0 Å². The largest absolute Gasteiger partial charge is 0.340 e. The topological polar surface area (TPSA) is 137 Å². The maximum absolute atomic E-state index is 12.2. The van der Waals surface area contributed by atoms with Crippen LogP contribution in [-0.2, 0) is 27.7 Å². The van der Waals surface area contributed by atoms with Crippen LogP contribution >= 0.6 is 0 Å². The van der Waals surface area contributed by atoms with Crippen molar-refractivity contribution in [3.63, 3.8) is 0 Å². The van der Waals surface area contributed by atoms with Crippen LogP contribution in [0.4, 0.5) is 23.1 Å². The summed E-state index contributed by atoms with van der Waals surface area (Å²) in [5.74, 6) is 0.403. The Kier molecular flexibility index (Phi) is 5.98. The monoisotopic (exact) mass is 462 g/mol. The van der Waals surface area contributed by atoms with Gasteiger partial charge in [0.15, 0.2) is 0 Å². The van der Waals surface area contributed by atoms with Gasteiger partial charge in [-0.1, -0.05) is 6.92 Å². The fourth-order valence-electron chi connectivity index (χ4n) is 3.44. The van der Waals surface area contributed by atoms with Crippen LogP contribution < -0.4 is 15.4 Å². The molecule has 0 saturated carbocycles. The van der Waals surface area contributed by atoms with Crippen LogP contribution in [-0.4, -0.2) is 24.3 Å². The zero-order valence-electron chi connectivity index (χ0n) is 18.1. The van der Waals surface area contributed by atoms with E-state index in [4.69, 9.17) is 0 Å². The highest BCUT2D eigenvalue weighted by Gasteiger charge is 2.22. The lowest BCUT2D eigenvalue weighted by atomic mass is 9.83. The molecule has 1 aliphatic carbocycles. The maximum Gasteiger partial charge on any atom is 0.264 e. The predicted molar refractivity (Wildman–Crippen MR) is 124 cm³/mol. The number of aryl methyl sites for hydroxylation is 1. The molecule has 0 fully saturated rings. The van der Waals surface area contributed by atoms with Crippen molar-refractivity contribution in [2.24, 2.45) is 0 Å². The number of nitrogens with zero attached hydrogens (tertiary/aromatic N) is 3. The van der Waals surface area contributed by atoms with Gasteiger partial charge >= 0.3 is 0 Å². The first-order valence-corrected chi connectivity index (χ1v) is 11.9. The van der Waals surface area contributed by atoms with E-state index in [9.17, 15) is 18.5 Å². The summed E-state index contributed by atoms with van der Waals surface area (Å²) in [6, 6.07) is 11.9. The molecule has 33 heavy (non-hydrogen) atoms. The van der Waals surface area contributed by atoms with Gasteiger partial charge in [0.05, 0.1) is 16.5 Å². The Bertz CT molecular complexity index is 1380. The first-order valence-electron chi connectivity index (χ1n) is 10.4. The van der Waals surface area contributed by atoms with E-state index in [1.165, 1.54) is 12.1 Å². The van der Waals surface area contributed by atoms with Gasteiger partial charge in [-0.25, -0.2) is 18.1 Å². The van der Waals surface area contributed by atoms with Gasteiger partial charge in [-0.05, 0) is 67.3 Å². The Labute approximate surface area is 191 Å². The summed E-state index contributed by atoms with van der Waals surface area (Å²) in [5.41, 5.74) is 5.29. The number of sulfonamides is 1. The number of benzene rings is 2. The van der Waals surface area contributed by atoms with E-state index >= 15 is 0 Å². The molecule has 3 N–H and O–H groups in total. The van der Waals surface area contributed by atoms with Crippen molar-refractivity contribution in [3.8, 4) is 6.07 Å². The third-order valence-electron chi connectivity index (χ3n) is 5.39. The second kappa shape index (κ2) is 8.88. The maximum atomic E-state index is 12.2. The Morgan fingerprint density at radius 3 is 2.45 bits per heavy atom. The van der Waals surface area contributed by atoms with Gasteiger partial charge in [0.2, 0.25) is 11.9 Å². The summed E-state index contributed by atoms with van der Waals surface area (Å²) in [6.07, 6.45) is 3.57. The number of fused-ring (bicyclic) bond motifs is 1. The predicted octanol–water partition coefficient (Wildman–Crippen LogP) is 3.46. The van der Waals surface area contributed by atoms with Gasteiger partial charge in [0.1, 0.15) is 5.82 Å². The van der Waals surface area contributed by atoms with Crippen molar-refractivity contribution in [3.05, 3.63) is 64.8 Å². The second-order valence-corrected chi connectivity index (χ2v) is 9.29. The van der Waals surface area contributed by atoms with Crippen molar-refractivity contribution in [2.75, 3.05) is 10.6 Å². The van der Waals surface area contributed by atoms with Crippen LogP contribution in [0.3, 0.4) is 0 Å². The Hall–Kier alpha value is -3.97. The van der Waals surface area contributed by atoms with Crippen LogP contribution in [0.2, 0.25) is 0 Å². The normalized spacial score (nSPS) is 12.2. The van der Waals surface area contributed by atoms with Crippen LogP contribution in [0.5, 0.6) is 0 Å². The molecule has 2 aromatic carbocycles. The van der Waals surface area contributed by atoms with Crippen molar-refractivity contribution in [1.29, 1.82) is 5.26 Å². The number of rotatable bonds is 7. The Morgan fingerprint density at radius 1 is 1.09 bits per heavy atom. The van der Waals surface area contributed by atoms with E-state index in [1.807, 2.05) is 23.8 Å². The SMILES string of the molecule is CCC(=O)NS(=O)(=O)c1ccc(Nc2ncc(C)c(Nc3ccc(C#N)c4c3CC4)n2)cc1. The standard InChI is InChI=1S/C23H22N6O3S/c1-3-21(30)29-33(31,32)17-7-5-16(6-8-17)26-23-25-13-14(2)22(28-23)27-20-11-4-15(12-24)18-9-10-19(18)20/h4-8,11,13H,3,9-10H2,1-2H3,(H,29,30)(H2,25,26,27,28). The molecule has 0 atom stereocenters. The average molecular weight is 463 g/mol. The van der Waals surface area contributed by atoms with Crippen LogP contribution in [0.15, 0.2) is 47.5 Å². The highest BCUT2D eigenvalue weighted by molar-refractivity contribution is 7.90. The minimum atomic E-state index is -3.90. The van der Waals surface area contributed by atoms with Crippen LogP contribution in [0.25, 0.3) is 0 Å². The quantitative estimate of drug-likeness (QED) is 0.485. The molecule has 1 amide bonds. The number of amides is 1. The Balaban J connectivity index is 1.51. The molecule has 0 bridgehead atoms. The fourth-order valence-corrected chi connectivity index (χ4v) is 4.50. The number of nitriles is 1. The lowest BCUT2D eigenvalue weighted by molar-refractivity contribution is -0.119. The summed E-state index contributed by atoms with van der Waals surface area (Å²) in [7, 11) is -3.90. The summed E-state index contributed by atoms with van der Waals surface area (Å²) in [6.45, 7) is 3.47. The lowest BCUT2D eigenvalue weighted by Crippen LogP contribution is -2.29. The molecule has 9 nitrogen and oxygen atoms in total. The van der Waals surface area contributed by atoms with Gasteiger partial charge in [0.25, 0.3) is 10.0 Å². The molecule has 4 rings (SSSR count). The molecular weight excluding hydrogens is 440 g/mol. The number of anilines is 4. The number of nitrogens with one attached hydrogen (secondary N) is 3. The number of hydrogen-bond donors (Lipinski definition) is 3. The number of carbonyl (C=O) groups is 1. The highest BCUT2D eigenvalue weighted by Crippen LogP contribution is 2.35.